The molecule has 112 heavy (non-hydrogen) atoms. The molecule has 38 heteroatoms. The van der Waals surface area contributed by atoms with Gasteiger partial charge < -0.3 is 87.4 Å². The Morgan fingerprint density at radius 1 is 0.366 bits per heavy atom. The lowest BCUT2D eigenvalue weighted by Gasteiger charge is -2.23. The third kappa shape index (κ3) is 70.2. The van der Waals surface area contributed by atoms with Gasteiger partial charge in [-0.25, -0.2) is 4.79 Å². The zero-order chi connectivity index (χ0) is 83.3. The van der Waals surface area contributed by atoms with Gasteiger partial charge >= 0.3 is 5.97 Å². The van der Waals surface area contributed by atoms with Crippen molar-refractivity contribution in [3.63, 3.8) is 0 Å². The van der Waals surface area contributed by atoms with Crippen LogP contribution in [0.15, 0.2) is 0 Å². The molecule has 12 amide bonds. The molecule has 0 heterocycles. The van der Waals surface area contributed by atoms with Crippen LogP contribution in [0, 0.1) is 44.8 Å². The van der Waals surface area contributed by atoms with E-state index in [0.29, 0.717) is 96.8 Å². The average molecular weight is 1740 g/mol. The van der Waals surface area contributed by atoms with Crippen LogP contribution in [-0.2, 0) is 71.9 Å². The summed E-state index contributed by atoms with van der Waals surface area (Å²) < 4.78 is 0. The van der Waals surface area contributed by atoms with Crippen molar-refractivity contribution in [1.82, 2.24) is 47.9 Å². The Morgan fingerprint density at radius 3 is 0.866 bits per heavy atom. The molecule has 0 aliphatic rings. The zero-order valence-electron chi connectivity index (χ0n) is 71.8. The summed E-state index contributed by atoms with van der Waals surface area (Å²) in [6.07, 6.45) is 8.37. The van der Waals surface area contributed by atoms with E-state index < -0.39 is 111 Å². The van der Waals surface area contributed by atoms with Gasteiger partial charge in [0.15, 0.2) is 5.78 Å². The number of aliphatic carboxylic acids is 1. The smallest absolute Gasteiger partial charge is 0.326 e. The quantitative estimate of drug-likeness (QED) is 0.0378. The Hall–Kier alpha value is -5.22. The van der Waals surface area contributed by atoms with E-state index in [1.807, 2.05) is 96.9 Å². The molecular formula is C74H157N15O16S7. The van der Waals surface area contributed by atoms with Gasteiger partial charge in [0, 0.05) is 72.0 Å². The van der Waals surface area contributed by atoms with Gasteiger partial charge in [-0.15, -0.1) is 0 Å². The number of carboxylic acid groups (broad SMARTS) is 1. The standard InChI is InChI=1S/C24H45N5O5.C14H28N4O3.C14H27N3O3.C12H24N2O2.C10H19NO3.7H2S/c1-14(2)12-18(29-22(33)16(4)25)19(30)13-15(3)21(32)28-17(20(26)31)10-8-9-11-27-23(34)24(5,6)7;1-9(15)12(20)18-10(11(16)19)7-5-6-8-17-13(21)14(2,3)4;1-5-11(18)17-10(12(15)19)8-6-7-9-16-13(20)14(2,3)4;1-9(15)10(13)7-5-6-8-14-11(16)12(2,3)4;1-6(2)7(8(12)13)11-9(14)10(3,4)5;;;;;;;/h14-18H,8-13,25H2,1-7H3,(H2,26,31)(H,27,34)(H,28,32)(H,29,33);9-10H,5-8,15H2,1-4H3,(H2,16,19)(H,17,21)(H,18,20);10H,5-9H2,1-4H3,(H2,15,19)(H,16,20)(H,17,18);10H,5-8,13H2,1-4H3,(H,14,16);6-7H,1-5H3,(H,11,14)(H,12,13);7*1H2/t15-,16+,17+,18+;9-,10-;2*10-;7-;;;;;;;/m10000......./s1. The number of ketones is 2. The van der Waals surface area contributed by atoms with Gasteiger partial charge in [-0.2, -0.15) is 94.5 Å². The maximum absolute atomic E-state index is 12.8. The zero-order valence-corrected chi connectivity index (χ0v) is 78.8. The molecule has 0 aromatic carbocycles. The molecule has 0 aromatic heterocycles. The van der Waals surface area contributed by atoms with Crippen molar-refractivity contribution < 1.29 is 77.0 Å². The third-order valence-corrected chi connectivity index (χ3v) is 15.5. The van der Waals surface area contributed by atoms with Gasteiger partial charge in [0.2, 0.25) is 70.9 Å². The molecule has 0 rings (SSSR count). The minimum atomic E-state index is -0.988. The fourth-order valence-corrected chi connectivity index (χ4v) is 8.20. The second-order valence-electron chi connectivity index (χ2n) is 32.6. The van der Waals surface area contributed by atoms with E-state index in [4.69, 9.17) is 39.5 Å². The van der Waals surface area contributed by atoms with Crippen LogP contribution < -0.4 is 82.3 Å². The van der Waals surface area contributed by atoms with Crippen molar-refractivity contribution in [2.24, 2.45) is 79.2 Å². The number of hydrogen-bond acceptors (Lipinski definition) is 18. The molecule has 0 saturated heterocycles. The highest BCUT2D eigenvalue weighted by molar-refractivity contribution is 7.60. The van der Waals surface area contributed by atoms with E-state index in [-0.39, 0.29) is 171 Å². The molecule has 0 unspecified atom stereocenters. The maximum Gasteiger partial charge on any atom is 0.326 e. The number of nitrogens with one attached hydrogen (secondary N) is 9. The second-order valence-corrected chi connectivity index (χ2v) is 32.6. The molecule has 0 radical (unpaired) electrons. The molecule has 0 aliphatic heterocycles. The number of primary amides is 3. The average Bonchev–Trinajstić information content (AvgIpc) is 0.879. The van der Waals surface area contributed by atoms with Crippen LogP contribution >= 0.6 is 94.5 Å². The minimum Gasteiger partial charge on any atom is -0.480 e. The first-order chi connectivity index (χ1) is 47.7. The van der Waals surface area contributed by atoms with Crippen LogP contribution in [0.2, 0.25) is 0 Å². The number of rotatable bonds is 40. The Morgan fingerprint density at radius 2 is 0.634 bits per heavy atom. The van der Waals surface area contributed by atoms with Crippen molar-refractivity contribution in [2.45, 2.75) is 311 Å². The monoisotopic (exact) mass is 1740 g/mol. The summed E-state index contributed by atoms with van der Waals surface area (Å²) in [7, 11) is 0. The topological polar surface area (TPSA) is 541 Å². The highest BCUT2D eigenvalue weighted by Crippen LogP contribution is 2.18. The summed E-state index contributed by atoms with van der Waals surface area (Å²) in [6, 6.07) is -5.53. The number of hydrogen-bond donors (Lipinski definition) is 16. The number of Topliss-reactive ketones (excluding diaryl/α,β-unsaturated/α-hetero) is 2. The molecule has 31 nitrogen and oxygen atoms in total. The normalized spacial score (nSPS) is 13.1. The lowest BCUT2D eigenvalue weighted by molar-refractivity contribution is -0.144. The van der Waals surface area contributed by atoms with Crippen LogP contribution in [0.4, 0.5) is 0 Å². The molecule has 0 bridgehead atoms. The third-order valence-electron chi connectivity index (χ3n) is 15.5. The molecule has 0 spiro atoms. The summed E-state index contributed by atoms with van der Waals surface area (Å²) in [4.78, 5) is 174. The number of carbonyl (C=O) groups excluding carboxylic acids is 14. The molecule has 0 fully saturated rings. The van der Waals surface area contributed by atoms with E-state index in [1.165, 1.54) is 20.8 Å². The molecular weight excluding hydrogens is 1580 g/mol. The summed E-state index contributed by atoms with van der Waals surface area (Å²) in [6.45, 7) is 44.9. The largest absolute Gasteiger partial charge is 0.480 e. The van der Waals surface area contributed by atoms with Crippen molar-refractivity contribution in [1.29, 1.82) is 0 Å². The highest BCUT2D eigenvalue weighted by atomic mass is 32.1. The van der Waals surface area contributed by atoms with Crippen molar-refractivity contribution in [2.75, 3.05) is 26.2 Å². The lowest BCUT2D eigenvalue weighted by Crippen LogP contribution is -2.49. The Labute approximate surface area is 719 Å². The summed E-state index contributed by atoms with van der Waals surface area (Å²) in [5.41, 5.74) is 30.3. The number of amides is 12. The Bertz CT molecular complexity index is 2760. The van der Waals surface area contributed by atoms with Crippen LogP contribution in [0.3, 0.4) is 0 Å². The fraction of sp³-hybridized carbons (Fsp3) is 0.797. The van der Waals surface area contributed by atoms with Gasteiger partial charge in [0.05, 0.1) is 24.2 Å². The van der Waals surface area contributed by atoms with E-state index in [1.54, 1.807) is 48.5 Å². The lowest BCUT2D eigenvalue weighted by atomic mass is 9.93. The van der Waals surface area contributed by atoms with E-state index in [0.717, 1.165) is 19.3 Å². The first kappa shape index (κ1) is 133. The maximum atomic E-state index is 12.8. The predicted molar refractivity (Wildman–Crippen MR) is 482 cm³/mol. The van der Waals surface area contributed by atoms with Crippen molar-refractivity contribution in [3.05, 3.63) is 0 Å². The van der Waals surface area contributed by atoms with E-state index in [2.05, 4.69) is 47.9 Å². The van der Waals surface area contributed by atoms with Gasteiger partial charge in [0.1, 0.15) is 30.0 Å². The van der Waals surface area contributed by atoms with Gasteiger partial charge in [0.25, 0.3) is 0 Å². The number of carbonyl (C=O) groups is 15. The highest BCUT2D eigenvalue weighted by Gasteiger charge is 2.32. The first-order valence-corrected chi connectivity index (χ1v) is 36.8. The molecule has 666 valence electrons. The molecule has 0 aliphatic carbocycles. The van der Waals surface area contributed by atoms with Crippen molar-refractivity contribution in [3.8, 4) is 0 Å². The SMILES string of the molecule is CC(=O)[C@@H](N)CCCCNC(=O)C(C)(C)C.CC(C)C[C@H](NC(=O)[C@H](C)N)C(=O)C[C@@H](C)C(=O)N[C@@H](CCCCNC(=O)C(C)(C)C)C(N)=O.CC(C)[C@H](NC(=O)C(C)(C)C)C(=O)O.CCC(=O)N[C@@H](CCCCNC(=O)C(C)(C)C)C(N)=O.C[C@H](N)C(=O)N[C@@H](CCCCNC(=O)C(C)(C)C)C(N)=O.S.S.S.S.S.S.S. The van der Waals surface area contributed by atoms with Crippen LogP contribution in [0.25, 0.3) is 0 Å². The van der Waals surface area contributed by atoms with Gasteiger partial charge in [-0.05, 0) is 116 Å². The van der Waals surface area contributed by atoms with Crippen molar-refractivity contribution >= 4 is 183 Å². The van der Waals surface area contributed by atoms with Crippen LogP contribution in [0.1, 0.15) is 262 Å². The van der Waals surface area contributed by atoms with Gasteiger partial charge in [-0.3, -0.25) is 67.1 Å². The van der Waals surface area contributed by atoms with E-state index >= 15 is 0 Å². The summed E-state index contributed by atoms with van der Waals surface area (Å²) in [5.74, 6) is -5.38. The Kier molecular flexibility index (Phi) is 80.6. The number of nitrogens with two attached hydrogens (primary N) is 6. The second kappa shape index (κ2) is 67.9. The van der Waals surface area contributed by atoms with Gasteiger partial charge in [-0.1, -0.05) is 145 Å². The van der Waals surface area contributed by atoms with Crippen LogP contribution in [-0.4, -0.2) is 168 Å². The van der Waals surface area contributed by atoms with Crippen LogP contribution in [0.5, 0.6) is 0 Å². The summed E-state index contributed by atoms with van der Waals surface area (Å²) in [5, 5.41) is 33.1. The summed E-state index contributed by atoms with van der Waals surface area (Å²) >= 11 is 0. The fourth-order valence-electron chi connectivity index (χ4n) is 8.20. The predicted octanol–water partition coefficient (Wildman–Crippen LogP) is 4.38. The number of carboxylic acids is 1. The molecule has 9 atom stereocenters. The Balaban J connectivity index is -0.000000114. The molecule has 22 N–H and O–H groups in total. The number of unbranched alkanes of at least 4 members (excludes halogenated alkanes) is 4. The van der Waals surface area contributed by atoms with E-state index in [9.17, 15) is 71.9 Å². The minimum absolute atomic E-state index is 0. The molecule has 0 saturated carbocycles. The molecule has 0 aromatic rings. The first-order valence-electron chi connectivity index (χ1n) is 36.8.